The van der Waals surface area contributed by atoms with Crippen LogP contribution in [0.5, 0.6) is 0 Å². The van der Waals surface area contributed by atoms with Crippen molar-refractivity contribution in [2.24, 2.45) is 0 Å². The van der Waals surface area contributed by atoms with Gasteiger partial charge in [-0.3, -0.25) is 9.69 Å². The summed E-state index contributed by atoms with van der Waals surface area (Å²) in [6.07, 6.45) is 1.66. The lowest BCUT2D eigenvalue weighted by atomic mass is 9.99. The van der Waals surface area contributed by atoms with Crippen LogP contribution >= 0.6 is 0 Å². The lowest BCUT2D eigenvalue weighted by Gasteiger charge is -2.37. The van der Waals surface area contributed by atoms with Gasteiger partial charge in [0.2, 0.25) is 0 Å². The summed E-state index contributed by atoms with van der Waals surface area (Å²) in [5.41, 5.74) is 1.43. The lowest BCUT2D eigenvalue weighted by molar-refractivity contribution is -0.185. The molecule has 2 aromatic rings. The van der Waals surface area contributed by atoms with E-state index in [2.05, 4.69) is 4.90 Å². The molecule has 2 fully saturated rings. The van der Waals surface area contributed by atoms with Crippen molar-refractivity contribution in [3.05, 3.63) is 70.8 Å². The second kappa shape index (κ2) is 7.46. The summed E-state index contributed by atoms with van der Waals surface area (Å²) in [7, 11) is 0. The number of halogens is 2. The van der Waals surface area contributed by atoms with Crippen LogP contribution < -0.4 is 0 Å². The number of ketones is 1. The van der Waals surface area contributed by atoms with Crippen molar-refractivity contribution in [2.75, 3.05) is 26.3 Å². The minimum atomic E-state index is -0.756. The van der Waals surface area contributed by atoms with Gasteiger partial charge in [0.15, 0.2) is 11.6 Å². The van der Waals surface area contributed by atoms with Crippen LogP contribution in [0, 0.1) is 11.6 Å². The van der Waals surface area contributed by atoms with Crippen LogP contribution in [-0.2, 0) is 16.0 Å². The molecule has 0 aliphatic carbocycles. The van der Waals surface area contributed by atoms with E-state index in [1.54, 1.807) is 18.2 Å². The van der Waals surface area contributed by atoms with Gasteiger partial charge in [0, 0.05) is 49.7 Å². The smallest absolute Gasteiger partial charge is 0.193 e. The first-order chi connectivity index (χ1) is 13.0. The van der Waals surface area contributed by atoms with E-state index in [1.807, 2.05) is 6.07 Å². The number of hydrogen-bond donors (Lipinski definition) is 0. The third kappa shape index (κ3) is 4.08. The summed E-state index contributed by atoms with van der Waals surface area (Å²) in [4.78, 5) is 14.9. The van der Waals surface area contributed by atoms with Crippen molar-refractivity contribution in [3.8, 4) is 0 Å². The van der Waals surface area contributed by atoms with Gasteiger partial charge in [-0.1, -0.05) is 18.2 Å². The Labute approximate surface area is 156 Å². The van der Waals surface area contributed by atoms with E-state index < -0.39 is 17.4 Å². The lowest BCUT2D eigenvalue weighted by Crippen LogP contribution is -2.44. The number of likely N-dealkylation sites (tertiary alicyclic amines) is 1. The zero-order chi connectivity index (χ0) is 18.9. The molecule has 4 nitrogen and oxygen atoms in total. The highest BCUT2D eigenvalue weighted by atomic mass is 19.1. The van der Waals surface area contributed by atoms with Crippen molar-refractivity contribution in [1.29, 1.82) is 0 Å². The van der Waals surface area contributed by atoms with Gasteiger partial charge in [-0.25, -0.2) is 8.78 Å². The Bertz CT molecular complexity index is 819. The molecular formula is C21H21F2NO3. The molecule has 4 rings (SSSR count). The highest BCUT2D eigenvalue weighted by Gasteiger charge is 2.39. The van der Waals surface area contributed by atoms with Crippen LogP contribution in [0.1, 0.15) is 34.3 Å². The molecule has 0 saturated carbocycles. The zero-order valence-electron chi connectivity index (χ0n) is 14.9. The maximum Gasteiger partial charge on any atom is 0.193 e. The standard InChI is InChI=1S/C21H21F2NO3/c22-18-11-17(12-19(23)13-18)20(25)16-3-1-2-15(10-16)14-24-6-4-21(5-7-24)26-8-9-27-21/h1-3,10-13H,4-9,14H2. The molecule has 2 aliphatic rings. The van der Waals surface area contributed by atoms with Crippen LogP contribution in [0.25, 0.3) is 0 Å². The highest BCUT2D eigenvalue weighted by molar-refractivity contribution is 6.09. The SMILES string of the molecule is O=C(c1cc(F)cc(F)c1)c1cccc(CN2CCC3(CC2)OCCO3)c1. The van der Waals surface area contributed by atoms with Gasteiger partial charge in [0.1, 0.15) is 11.6 Å². The van der Waals surface area contributed by atoms with E-state index in [1.165, 1.54) is 0 Å². The van der Waals surface area contributed by atoms with Crippen LogP contribution in [0.2, 0.25) is 0 Å². The number of nitrogens with zero attached hydrogens (tertiary/aromatic N) is 1. The fourth-order valence-electron chi connectivity index (χ4n) is 3.76. The predicted molar refractivity (Wildman–Crippen MR) is 95.4 cm³/mol. The summed E-state index contributed by atoms with van der Waals surface area (Å²) in [6.45, 7) is 3.73. The average molecular weight is 373 g/mol. The van der Waals surface area contributed by atoms with Crippen molar-refractivity contribution in [2.45, 2.75) is 25.2 Å². The van der Waals surface area contributed by atoms with Gasteiger partial charge < -0.3 is 9.47 Å². The molecule has 0 unspecified atom stereocenters. The molecule has 27 heavy (non-hydrogen) atoms. The molecule has 2 saturated heterocycles. The third-order valence-electron chi connectivity index (χ3n) is 5.15. The van der Waals surface area contributed by atoms with Crippen LogP contribution in [0.15, 0.2) is 42.5 Å². The number of ether oxygens (including phenoxy) is 2. The van der Waals surface area contributed by atoms with Gasteiger partial charge in [-0.15, -0.1) is 0 Å². The average Bonchev–Trinajstić information content (AvgIpc) is 3.11. The summed E-state index contributed by atoms with van der Waals surface area (Å²) in [5, 5.41) is 0. The van der Waals surface area contributed by atoms with Crippen molar-refractivity contribution in [3.63, 3.8) is 0 Å². The monoisotopic (exact) mass is 373 g/mol. The summed E-state index contributed by atoms with van der Waals surface area (Å²) < 4.78 is 38.3. The molecular weight excluding hydrogens is 352 g/mol. The molecule has 0 bridgehead atoms. The second-order valence-corrected chi connectivity index (χ2v) is 7.07. The van der Waals surface area contributed by atoms with E-state index in [0.29, 0.717) is 25.3 Å². The summed E-state index contributed by atoms with van der Waals surface area (Å²) >= 11 is 0. The third-order valence-corrected chi connectivity index (χ3v) is 5.15. The molecule has 0 radical (unpaired) electrons. The fourth-order valence-corrected chi connectivity index (χ4v) is 3.76. The van der Waals surface area contributed by atoms with Crippen LogP contribution in [0.3, 0.4) is 0 Å². The molecule has 2 heterocycles. The number of rotatable bonds is 4. The Morgan fingerprint density at radius 2 is 1.63 bits per heavy atom. The van der Waals surface area contributed by atoms with Gasteiger partial charge in [0.05, 0.1) is 13.2 Å². The number of benzene rings is 2. The Morgan fingerprint density at radius 1 is 0.963 bits per heavy atom. The Morgan fingerprint density at radius 3 is 2.30 bits per heavy atom. The fraction of sp³-hybridized carbons (Fsp3) is 0.381. The van der Waals surface area contributed by atoms with E-state index in [0.717, 1.165) is 49.7 Å². The molecule has 2 aromatic carbocycles. The first-order valence-corrected chi connectivity index (χ1v) is 9.13. The Hall–Kier alpha value is -2.15. The second-order valence-electron chi connectivity index (χ2n) is 7.07. The van der Waals surface area contributed by atoms with Crippen molar-refractivity contribution in [1.82, 2.24) is 4.90 Å². The first kappa shape index (κ1) is 18.2. The molecule has 0 amide bonds. The number of carbonyl (C=O) groups is 1. The molecule has 1 spiro atoms. The minimum absolute atomic E-state index is 0.0140. The van der Waals surface area contributed by atoms with E-state index in [4.69, 9.17) is 9.47 Å². The maximum atomic E-state index is 13.4. The molecule has 0 aromatic heterocycles. The summed E-state index contributed by atoms with van der Waals surface area (Å²) in [6, 6.07) is 10.1. The molecule has 0 N–H and O–H groups in total. The minimum Gasteiger partial charge on any atom is -0.347 e. The van der Waals surface area contributed by atoms with Crippen LogP contribution in [-0.4, -0.2) is 42.8 Å². The van der Waals surface area contributed by atoms with Gasteiger partial charge >= 0.3 is 0 Å². The largest absolute Gasteiger partial charge is 0.347 e. The first-order valence-electron chi connectivity index (χ1n) is 9.13. The number of piperidine rings is 1. The van der Waals surface area contributed by atoms with Crippen molar-refractivity contribution < 1.29 is 23.0 Å². The number of hydrogen-bond acceptors (Lipinski definition) is 4. The Balaban J connectivity index is 1.44. The van der Waals surface area contributed by atoms with Gasteiger partial charge in [0.25, 0.3) is 0 Å². The normalized spacial score (nSPS) is 19.5. The van der Waals surface area contributed by atoms with E-state index >= 15 is 0 Å². The zero-order valence-corrected chi connectivity index (χ0v) is 14.9. The topological polar surface area (TPSA) is 38.8 Å². The molecule has 6 heteroatoms. The maximum absolute atomic E-state index is 13.4. The predicted octanol–water partition coefficient (Wildman–Crippen LogP) is 3.53. The number of carbonyl (C=O) groups excluding carboxylic acids is 1. The molecule has 0 atom stereocenters. The quantitative estimate of drug-likeness (QED) is 0.769. The molecule has 142 valence electrons. The summed E-state index contributed by atoms with van der Waals surface area (Å²) in [5.74, 6) is -2.31. The van der Waals surface area contributed by atoms with E-state index in [9.17, 15) is 13.6 Å². The Kier molecular flexibility index (Phi) is 5.04. The van der Waals surface area contributed by atoms with Crippen molar-refractivity contribution >= 4 is 5.78 Å². The molecule has 2 aliphatic heterocycles. The van der Waals surface area contributed by atoms with Gasteiger partial charge in [-0.05, 0) is 23.8 Å². The van der Waals surface area contributed by atoms with E-state index in [-0.39, 0.29) is 11.3 Å². The van der Waals surface area contributed by atoms with Gasteiger partial charge in [-0.2, -0.15) is 0 Å². The van der Waals surface area contributed by atoms with Crippen LogP contribution in [0.4, 0.5) is 8.78 Å². The highest BCUT2D eigenvalue weighted by Crippen LogP contribution is 2.31.